The second-order valence-electron chi connectivity index (χ2n) is 6.85. The summed E-state index contributed by atoms with van der Waals surface area (Å²) in [5.41, 5.74) is 0.476. The molecule has 3 nitrogen and oxygen atoms in total. The maximum Gasteiger partial charge on any atom is 0.239 e. The van der Waals surface area contributed by atoms with Crippen molar-refractivity contribution in [3.63, 3.8) is 0 Å². The first-order chi connectivity index (χ1) is 8.49. The first-order valence-corrected chi connectivity index (χ1v) is 7.50. The molecule has 18 heavy (non-hydrogen) atoms. The molecule has 0 radical (unpaired) electrons. The summed E-state index contributed by atoms with van der Waals surface area (Å²) < 4.78 is 0. The number of rotatable bonds is 2. The number of piperidine rings is 1. The second-order valence-corrected chi connectivity index (χ2v) is 6.85. The number of hydrogen-bond acceptors (Lipinski definition) is 2. The van der Waals surface area contributed by atoms with E-state index in [1.54, 1.807) is 0 Å². The molecule has 1 aliphatic heterocycles. The summed E-state index contributed by atoms with van der Waals surface area (Å²) in [5.74, 6) is 0.319. The first-order valence-electron chi connectivity index (χ1n) is 7.50. The van der Waals surface area contributed by atoms with E-state index < -0.39 is 0 Å². The molecule has 0 aromatic carbocycles. The zero-order valence-electron chi connectivity index (χ0n) is 12.2. The first kappa shape index (κ1) is 13.9. The molecule has 2 aliphatic rings. The maximum absolute atomic E-state index is 12.4. The third-order valence-corrected chi connectivity index (χ3v) is 4.81. The molecule has 0 bridgehead atoms. The third-order valence-electron chi connectivity index (χ3n) is 4.81. The van der Waals surface area contributed by atoms with Gasteiger partial charge in [0.25, 0.3) is 0 Å². The van der Waals surface area contributed by atoms with Gasteiger partial charge in [-0.3, -0.25) is 4.79 Å². The van der Waals surface area contributed by atoms with Crippen LogP contribution in [0.15, 0.2) is 0 Å². The Bertz CT molecular complexity index is 285. The number of nitrogens with one attached hydrogen (secondary N) is 1. The van der Waals surface area contributed by atoms with Gasteiger partial charge in [0.2, 0.25) is 5.91 Å². The average molecular weight is 252 g/mol. The van der Waals surface area contributed by atoms with E-state index in [2.05, 4.69) is 19.2 Å². The van der Waals surface area contributed by atoms with Gasteiger partial charge in [-0.1, -0.05) is 20.3 Å². The highest BCUT2D eigenvalue weighted by Crippen LogP contribution is 2.36. The van der Waals surface area contributed by atoms with Crippen LogP contribution in [0.3, 0.4) is 0 Å². The van der Waals surface area contributed by atoms with Gasteiger partial charge in [0.1, 0.15) is 0 Å². The number of carbonyl (C=O) groups excluding carboxylic acids is 1. The summed E-state index contributed by atoms with van der Waals surface area (Å²) in [7, 11) is 2.00. The van der Waals surface area contributed by atoms with Crippen molar-refractivity contribution >= 4 is 5.91 Å². The van der Waals surface area contributed by atoms with Gasteiger partial charge in [0.05, 0.1) is 6.04 Å². The van der Waals surface area contributed by atoms with E-state index in [1.165, 1.54) is 38.5 Å². The van der Waals surface area contributed by atoms with Crippen molar-refractivity contribution in [2.75, 3.05) is 13.6 Å². The smallest absolute Gasteiger partial charge is 0.239 e. The second kappa shape index (κ2) is 5.60. The predicted molar refractivity (Wildman–Crippen MR) is 74.4 cm³/mol. The van der Waals surface area contributed by atoms with Crippen molar-refractivity contribution in [3.8, 4) is 0 Å². The minimum atomic E-state index is 0.0821. The number of likely N-dealkylation sites (N-methyl/N-ethyl adjacent to an activating group) is 1. The Kier molecular flexibility index (Phi) is 4.31. The van der Waals surface area contributed by atoms with Crippen molar-refractivity contribution in [1.82, 2.24) is 10.2 Å². The van der Waals surface area contributed by atoms with E-state index in [9.17, 15) is 4.79 Å². The Labute approximate surface area is 111 Å². The Morgan fingerprint density at radius 2 is 1.83 bits per heavy atom. The molecule has 0 aromatic heterocycles. The largest absolute Gasteiger partial charge is 0.341 e. The lowest BCUT2D eigenvalue weighted by Crippen LogP contribution is -2.51. The monoisotopic (exact) mass is 252 g/mol. The highest BCUT2D eigenvalue weighted by molar-refractivity contribution is 5.82. The lowest BCUT2D eigenvalue weighted by Gasteiger charge is -2.40. The molecule has 1 atom stereocenters. The zero-order valence-corrected chi connectivity index (χ0v) is 12.2. The third kappa shape index (κ3) is 3.25. The van der Waals surface area contributed by atoms with Crippen molar-refractivity contribution in [2.45, 2.75) is 70.9 Å². The van der Waals surface area contributed by atoms with Gasteiger partial charge in [0, 0.05) is 13.1 Å². The summed E-state index contributed by atoms with van der Waals surface area (Å²) in [4.78, 5) is 14.4. The van der Waals surface area contributed by atoms with E-state index in [1.807, 2.05) is 11.9 Å². The molecule has 2 fully saturated rings. The van der Waals surface area contributed by atoms with Gasteiger partial charge < -0.3 is 10.2 Å². The minimum Gasteiger partial charge on any atom is -0.341 e. The summed E-state index contributed by atoms with van der Waals surface area (Å²) in [5, 5.41) is 3.36. The van der Waals surface area contributed by atoms with E-state index in [0.29, 0.717) is 17.4 Å². The van der Waals surface area contributed by atoms with Crippen LogP contribution in [0.4, 0.5) is 0 Å². The summed E-state index contributed by atoms with van der Waals surface area (Å²) >= 11 is 0. The average Bonchev–Trinajstić information content (AvgIpc) is 2.38. The van der Waals surface area contributed by atoms with Gasteiger partial charge >= 0.3 is 0 Å². The fourth-order valence-corrected chi connectivity index (χ4v) is 3.26. The molecule has 1 N–H and O–H groups in total. The maximum atomic E-state index is 12.4. The molecular formula is C15H28N2O. The van der Waals surface area contributed by atoms with E-state index >= 15 is 0 Å². The van der Waals surface area contributed by atoms with Crippen LogP contribution in [-0.4, -0.2) is 36.5 Å². The molecule has 0 aromatic rings. The van der Waals surface area contributed by atoms with Crippen LogP contribution >= 0.6 is 0 Å². The van der Waals surface area contributed by atoms with Gasteiger partial charge in [-0.05, 0) is 50.5 Å². The van der Waals surface area contributed by atoms with Crippen molar-refractivity contribution < 1.29 is 4.79 Å². The van der Waals surface area contributed by atoms with Crippen LogP contribution in [0.2, 0.25) is 0 Å². The Morgan fingerprint density at radius 1 is 1.17 bits per heavy atom. The van der Waals surface area contributed by atoms with Gasteiger partial charge in [-0.2, -0.15) is 0 Å². The molecule has 1 amide bonds. The Balaban J connectivity index is 1.87. The van der Waals surface area contributed by atoms with Crippen LogP contribution in [0.5, 0.6) is 0 Å². The number of hydrogen-bond donors (Lipinski definition) is 1. The quantitative estimate of drug-likeness (QED) is 0.819. The van der Waals surface area contributed by atoms with Crippen LogP contribution in [-0.2, 0) is 4.79 Å². The molecule has 1 saturated heterocycles. The lowest BCUT2D eigenvalue weighted by molar-refractivity contribution is -0.135. The molecule has 104 valence electrons. The summed E-state index contributed by atoms with van der Waals surface area (Å²) in [6, 6.07) is 0.549. The predicted octanol–water partition coefficient (Wildman–Crippen LogP) is 2.56. The highest BCUT2D eigenvalue weighted by atomic mass is 16.2. The molecule has 1 aliphatic carbocycles. The molecule has 0 unspecified atom stereocenters. The number of amides is 1. The standard InChI is InChI=1S/C15H28N2O/c1-15(2)9-7-12(8-10-15)17(3)14(18)13-6-4-5-11-16-13/h12-13,16H,4-11H2,1-3H3/t13-/m1/s1. The molecule has 2 rings (SSSR count). The van der Waals surface area contributed by atoms with Crippen molar-refractivity contribution in [2.24, 2.45) is 5.41 Å². The lowest BCUT2D eigenvalue weighted by atomic mass is 9.75. The fourth-order valence-electron chi connectivity index (χ4n) is 3.26. The Hall–Kier alpha value is -0.570. The van der Waals surface area contributed by atoms with Gasteiger partial charge in [-0.15, -0.1) is 0 Å². The zero-order chi connectivity index (χ0) is 13.2. The topological polar surface area (TPSA) is 32.3 Å². The van der Waals surface area contributed by atoms with E-state index in [4.69, 9.17) is 0 Å². The van der Waals surface area contributed by atoms with Crippen LogP contribution in [0, 0.1) is 5.41 Å². The van der Waals surface area contributed by atoms with Crippen molar-refractivity contribution in [1.29, 1.82) is 0 Å². The number of nitrogens with zero attached hydrogens (tertiary/aromatic N) is 1. The number of carbonyl (C=O) groups is 1. The van der Waals surface area contributed by atoms with Crippen molar-refractivity contribution in [3.05, 3.63) is 0 Å². The Morgan fingerprint density at radius 3 is 2.39 bits per heavy atom. The molecule has 1 heterocycles. The molecule has 1 saturated carbocycles. The van der Waals surface area contributed by atoms with Crippen LogP contribution in [0.1, 0.15) is 58.8 Å². The van der Waals surface area contributed by atoms with Crippen LogP contribution in [0.25, 0.3) is 0 Å². The van der Waals surface area contributed by atoms with Crippen LogP contribution < -0.4 is 5.32 Å². The molecule has 3 heteroatoms. The molecule has 0 spiro atoms. The van der Waals surface area contributed by atoms with Gasteiger partial charge in [0.15, 0.2) is 0 Å². The highest BCUT2D eigenvalue weighted by Gasteiger charge is 2.33. The van der Waals surface area contributed by atoms with Gasteiger partial charge in [-0.25, -0.2) is 0 Å². The summed E-state index contributed by atoms with van der Waals surface area (Å²) in [6.07, 6.45) is 8.24. The minimum absolute atomic E-state index is 0.0821. The molecular weight excluding hydrogens is 224 g/mol. The van der Waals surface area contributed by atoms with E-state index in [-0.39, 0.29) is 6.04 Å². The fraction of sp³-hybridized carbons (Fsp3) is 0.933. The summed E-state index contributed by atoms with van der Waals surface area (Å²) in [6.45, 7) is 5.68. The normalized spacial score (nSPS) is 28.9. The van der Waals surface area contributed by atoms with E-state index in [0.717, 1.165) is 13.0 Å². The SMILES string of the molecule is CN(C(=O)[C@H]1CCCCN1)C1CCC(C)(C)CC1.